The Hall–Kier alpha value is -2.46. The molecule has 1 N–H and O–H groups in total. The second-order valence-electron chi connectivity index (χ2n) is 6.91. The van der Waals surface area contributed by atoms with Crippen LogP contribution in [-0.2, 0) is 14.3 Å². The first kappa shape index (κ1) is 16.0. The van der Waals surface area contributed by atoms with Gasteiger partial charge in [0.05, 0.1) is 6.61 Å². The van der Waals surface area contributed by atoms with Crippen molar-refractivity contribution in [2.75, 3.05) is 6.61 Å². The molecule has 1 spiro atoms. The van der Waals surface area contributed by atoms with Crippen molar-refractivity contribution in [3.8, 4) is 0 Å². The molecule has 4 nitrogen and oxygen atoms in total. The van der Waals surface area contributed by atoms with Crippen molar-refractivity contribution in [3.63, 3.8) is 0 Å². The molecule has 2 aromatic carbocycles. The maximum absolute atomic E-state index is 12.7. The van der Waals surface area contributed by atoms with Crippen molar-refractivity contribution in [1.82, 2.24) is 5.32 Å². The molecule has 2 aromatic rings. The lowest BCUT2D eigenvalue weighted by Gasteiger charge is -2.29. The minimum absolute atomic E-state index is 0.0896. The molecule has 2 aliphatic rings. The van der Waals surface area contributed by atoms with Crippen LogP contribution < -0.4 is 5.32 Å². The van der Waals surface area contributed by atoms with Crippen molar-refractivity contribution in [3.05, 3.63) is 71.8 Å². The molecule has 0 aliphatic carbocycles. The zero-order valence-corrected chi connectivity index (χ0v) is 14.1. The molecule has 2 saturated heterocycles. The van der Waals surface area contributed by atoms with Gasteiger partial charge >= 0.3 is 5.97 Å². The van der Waals surface area contributed by atoms with Crippen LogP contribution >= 0.6 is 0 Å². The molecule has 25 heavy (non-hydrogen) atoms. The van der Waals surface area contributed by atoms with Crippen LogP contribution in [0, 0.1) is 5.92 Å². The molecule has 128 valence electrons. The minimum Gasteiger partial charge on any atom is -0.464 e. The van der Waals surface area contributed by atoms with Crippen LogP contribution in [0.25, 0.3) is 0 Å². The molecule has 0 amide bonds. The zero-order chi connectivity index (χ0) is 17.4. The van der Waals surface area contributed by atoms with Gasteiger partial charge in [0.2, 0.25) is 0 Å². The fourth-order valence-electron chi connectivity index (χ4n) is 4.48. The summed E-state index contributed by atoms with van der Waals surface area (Å²) in [6.07, 6.45) is 0.582. The van der Waals surface area contributed by atoms with Crippen molar-refractivity contribution >= 4 is 11.8 Å². The number of carbonyl (C=O) groups excluding carboxylic acids is 2. The molecule has 0 unspecified atom stereocenters. The zero-order valence-electron chi connectivity index (χ0n) is 14.1. The number of hydrogen-bond acceptors (Lipinski definition) is 4. The lowest BCUT2D eigenvalue weighted by molar-refractivity contribution is -0.143. The van der Waals surface area contributed by atoms with Crippen molar-refractivity contribution < 1.29 is 14.3 Å². The molecule has 4 atom stereocenters. The van der Waals surface area contributed by atoms with E-state index in [-0.39, 0.29) is 29.6 Å². The average molecular weight is 335 g/mol. The number of cyclic esters (lactones) is 1. The third kappa shape index (κ3) is 2.48. The lowest BCUT2D eigenvalue weighted by atomic mass is 9.72. The number of benzene rings is 2. The summed E-state index contributed by atoms with van der Waals surface area (Å²) in [5, 5.41) is 3.52. The summed E-state index contributed by atoms with van der Waals surface area (Å²) in [4.78, 5) is 25.4. The summed E-state index contributed by atoms with van der Waals surface area (Å²) in [7, 11) is 0. The number of carbonyl (C=O) groups is 2. The SMILES string of the molecule is CC(=O)[C@@H]1[C@H](c2ccccc2)N[C@@]2(CCOC2=O)[C@H]1c1ccccc1. The standard InChI is InChI=1S/C21H21NO3/c1-14(23)17-18(15-8-4-2-5-9-15)21(12-13-25-20(21)24)22-19(17)16-10-6-3-7-11-16/h2-11,17-19,22H,12-13H2,1H3/t17-,18-,19-,21-/m0/s1. The summed E-state index contributed by atoms with van der Waals surface area (Å²) in [6, 6.07) is 19.6. The van der Waals surface area contributed by atoms with Crippen molar-refractivity contribution in [2.45, 2.75) is 30.8 Å². The van der Waals surface area contributed by atoms with Gasteiger partial charge in [-0.25, -0.2) is 0 Å². The third-order valence-corrected chi connectivity index (χ3v) is 5.54. The number of ether oxygens (including phenoxy) is 1. The van der Waals surface area contributed by atoms with E-state index < -0.39 is 5.54 Å². The normalized spacial score (nSPS) is 31.2. The summed E-state index contributed by atoms with van der Waals surface area (Å²) in [6.45, 7) is 2.01. The fraction of sp³-hybridized carbons (Fsp3) is 0.333. The number of ketones is 1. The molecule has 0 bridgehead atoms. The molecule has 2 aliphatic heterocycles. The quantitative estimate of drug-likeness (QED) is 0.876. The molecule has 4 heteroatoms. The topological polar surface area (TPSA) is 55.4 Å². The average Bonchev–Trinajstić information content (AvgIpc) is 3.18. The number of hydrogen-bond donors (Lipinski definition) is 1. The number of nitrogens with one attached hydrogen (secondary N) is 1. The first-order valence-corrected chi connectivity index (χ1v) is 8.69. The van der Waals surface area contributed by atoms with Crippen molar-refractivity contribution in [1.29, 1.82) is 0 Å². The van der Waals surface area contributed by atoms with Gasteiger partial charge in [-0.2, -0.15) is 0 Å². The highest BCUT2D eigenvalue weighted by molar-refractivity contribution is 5.90. The highest BCUT2D eigenvalue weighted by atomic mass is 16.5. The number of Topliss-reactive ketones (excluding diaryl/α,β-unsaturated/α-hetero) is 1. The lowest BCUT2D eigenvalue weighted by Crippen LogP contribution is -2.48. The molecule has 0 aromatic heterocycles. The van der Waals surface area contributed by atoms with Gasteiger partial charge in [0.1, 0.15) is 11.3 Å². The van der Waals surface area contributed by atoms with E-state index in [0.717, 1.165) is 11.1 Å². The third-order valence-electron chi connectivity index (χ3n) is 5.54. The fourth-order valence-corrected chi connectivity index (χ4v) is 4.48. The van der Waals surface area contributed by atoms with E-state index in [1.54, 1.807) is 6.92 Å². The largest absolute Gasteiger partial charge is 0.464 e. The van der Waals surface area contributed by atoms with Gasteiger partial charge in [-0.3, -0.25) is 14.9 Å². The van der Waals surface area contributed by atoms with Crippen molar-refractivity contribution in [2.24, 2.45) is 5.92 Å². The number of rotatable bonds is 3. The van der Waals surface area contributed by atoms with Crippen LogP contribution in [0.2, 0.25) is 0 Å². The van der Waals surface area contributed by atoms with Crippen LogP contribution in [0.1, 0.15) is 36.4 Å². The van der Waals surface area contributed by atoms with Gasteiger partial charge in [-0.05, 0) is 18.1 Å². The Kier molecular flexibility index (Phi) is 3.92. The second-order valence-corrected chi connectivity index (χ2v) is 6.91. The van der Waals surface area contributed by atoms with Crippen LogP contribution in [0.4, 0.5) is 0 Å². The van der Waals surface area contributed by atoms with E-state index in [1.807, 2.05) is 60.7 Å². The van der Waals surface area contributed by atoms with Crippen LogP contribution in [0.15, 0.2) is 60.7 Å². The Labute approximate surface area is 147 Å². The smallest absolute Gasteiger partial charge is 0.327 e. The Balaban J connectivity index is 1.87. The van der Waals surface area contributed by atoms with E-state index in [9.17, 15) is 9.59 Å². The molecule has 4 rings (SSSR count). The van der Waals surface area contributed by atoms with E-state index in [2.05, 4.69) is 5.32 Å². The van der Waals surface area contributed by atoms with Crippen LogP contribution in [0.5, 0.6) is 0 Å². The first-order valence-electron chi connectivity index (χ1n) is 8.69. The Morgan fingerprint density at radius 3 is 2.16 bits per heavy atom. The molecule has 2 fully saturated rings. The maximum Gasteiger partial charge on any atom is 0.327 e. The Morgan fingerprint density at radius 1 is 1.04 bits per heavy atom. The van der Waals surface area contributed by atoms with Gasteiger partial charge < -0.3 is 4.74 Å². The second kappa shape index (κ2) is 6.12. The van der Waals surface area contributed by atoms with Crippen LogP contribution in [0.3, 0.4) is 0 Å². The van der Waals surface area contributed by atoms with Gasteiger partial charge in [0.25, 0.3) is 0 Å². The summed E-state index contributed by atoms with van der Waals surface area (Å²) in [5.74, 6) is -0.695. The maximum atomic E-state index is 12.7. The minimum atomic E-state index is -0.835. The molecular formula is C21H21NO3. The number of esters is 1. The van der Waals surface area contributed by atoms with E-state index in [0.29, 0.717) is 13.0 Å². The predicted molar refractivity (Wildman–Crippen MR) is 94.0 cm³/mol. The van der Waals surface area contributed by atoms with E-state index >= 15 is 0 Å². The summed E-state index contributed by atoms with van der Waals surface area (Å²) < 4.78 is 5.34. The predicted octanol–water partition coefficient (Wildman–Crippen LogP) is 3.01. The monoisotopic (exact) mass is 335 g/mol. The van der Waals surface area contributed by atoms with Gasteiger partial charge in [0, 0.05) is 24.3 Å². The highest BCUT2D eigenvalue weighted by Gasteiger charge is 2.62. The van der Waals surface area contributed by atoms with Gasteiger partial charge in [-0.1, -0.05) is 60.7 Å². The van der Waals surface area contributed by atoms with Gasteiger partial charge in [0.15, 0.2) is 0 Å². The van der Waals surface area contributed by atoms with Gasteiger partial charge in [-0.15, -0.1) is 0 Å². The van der Waals surface area contributed by atoms with E-state index in [4.69, 9.17) is 4.74 Å². The Bertz CT molecular complexity index is 789. The highest BCUT2D eigenvalue weighted by Crippen LogP contribution is 2.52. The van der Waals surface area contributed by atoms with E-state index in [1.165, 1.54) is 0 Å². The molecule has 2 heterocycles. The molecular weight excluding hydrogens is 314 g/mol. The molecule has 0 radical (unpaired) electrons. The van der Waals surface area contributed by atoms with Crippen LogP contribution in [-0.4, -0.2) is 23.9 Å². The first-order chi connectivity index (χ1) is 12.1. The Morgan fingerprint density at radius 2 is 1.64 bits per heavy atom. The molecule has 0 saturated carbocycles. The summed E-state index contributed by atoms with van der Waals surface area (Å²) in [5.41, 5.74) is 1.20. The summed E-state index contributed by atoms with van der Waals surface area (Å²) >= 11 is 0.